The van der Waals surface area contributed by atoms with Crippen LogP contribution in [0, 0.1) is 0 Å². The number of hydrogen-bond donors (Lipinski definition) is 2. The van der Waals surface area contributed by atoms with Gasteiger partial charge in [0, 0.05) is 6.20 Å². The minimum Gasteiger partial charge on any atom is -0.480 e. The van der Waals surface area contributed by atoms with Crippen LogP contribution in [0.1, 0.15) is 23.9 Å². The number of thioether (sulfide) groups is 1. The summed E-state index contributed by atoms with van der Waals surface area (Å²) < 4.78 is 0. The first-order valence-electron chi connectivity index (χ1n) is 5.87. The summed E-state index contributed by atoms with van der Waals surface area (Å²) in [6, 6.07) is 1.62. The molecule has 1 aliphatic heterocycles. The first kappa shape index (κ1) is 12.2. The second-order valence-corrected chi connectivity index (χ2v) is 5.78. The Kier molecular flexibility index (Phi) is 2.98. The molecular formula is C12H11N3O3S. The number of nitrogens with one attached hydrogen (secondary N) is 1. The molecule has 0 bridgehead atoms. The summed E-state index contributed by atoms with van der Waals surface area (Å²) in [5.41, 5.74) is 0.336. The van der Waals surface area contributed by atoms with Crippen LogP contribution in [0.25, 0.3) is 10.9 Å². The summed E-state index contributed by atoms with van der Waals surface area (Å²) in [7, 11) is 0. The van der Waals surface area contributed by atoms with Gasteiger partial charge in [-0.25, -0.2) is 4.98 Å². The Morgan fingerprint density at radius 3 is 3.05 bits per heavy atom. The number of aromatic amines is 1. The van der Waals surface area contributed by atoms with E-state index in [1.54, 1.807) is 18.5 Å². The van der Waals surface area contributed by atoms with Crippen molar-refractivity contribution >= 4 is 28.6 Å². The van der Waals surface area contributed by atoms with Crippen LogP contribution in [0.5, 0.6) is 0 Å². The fraction of sp³-hybridized carbons (Fsp3) is 0.333. The van der Waals surface area contributed by atoms with E-state index in [0.29, 0.717) is 29.6 Å². The van der Waals surface area contributed by atoms with Gasteiger partial charge in [-0.05, 0) is 18.9 Å². The Bertz CT molecular complexity index is 700. The number of hydrogen-bond acceptors (Lipinski definition) is 5. The van der Waals surface area contributed by atoms with Crippen LogP contribution in [0.4, 0.5) is 0 Å². The van der Waals surface area contributed by atoms with E-state index in [9.17, 15) is 9.59 Å². The molecule has 0 amide bonds. The zero-order chi connectivity index (χ0) is 13.4. The topological polar surface area (TPSA) is 95.9 Å². The average molecular weight is 277 g/mol. The predicted octanol–water partition coefficient (Wildman–Crippen LogP) is 1.34. The Morgan fingerprint density at radius 1 is 1.47 bits per heavy atom. The van der Waals surface area contributed by atoms with Crippen molar-refractivity contribution in [3.63, 3.8) is 0 Å². The molecule has 1 aliphatic rings. The molecule has 0 spiro atoms. The van der Waals surface area contributed by atoms with E-state index in [0.717, 1.165) is 0 Å². The Labute approximate surface area is 112 Å². The predicted molar refractivity (Wildman–Crippen MR) is 71.1 cm³/mol. The quantitative estimate of drug-likeness (QED) is 0.860. The minimum atomic E-state index is -0.808. The number of carboxylic acids is 1. The van der Waals surface area contributed by atoms with E-state index >= 15 is 0 Å². The average Bonchev–Trinajstić information content (AvgIpc) is 2.88. The molecule has 19 heavy (non-hydrogen) atoms. The summed E-state index contributed by atoms with van der Waals surface area (Å²) in [4.78, 5) is 33.9. The van der Waals surface area contributed by atoms with Crippen molar-refractivity contribution in [2.45, 2.75) is 23.3 Å². The van der Waals surface area contributed by atoms with Gasteiger partial charge in [-0.3, -0.25) is 14.6 Å². The summed E-state index contributed by atoms with van der Waals surface area (Å²) in [6.07, 6.45) is 4.39. The fourth-order valence-electron chi connectivity index (χ4n) is 2.18. The summed E-state index contributed by atoms with van der Waals surface area (Å²) in [5.74, 6) is -0.267. The molecule has 0 saturated carbocycles. The van der Waals surface area contributed by atoms with Crippen molar-refractivity contribution in [2.75, 3.05) is 0 Å². The Morgan fingerprint density at radius 2 is 2.32 bits per heavy atom. The van der Waals surface area contributed by atoms with E-state index in [1.165, 1.54) is 11.8 Å². The second-order valence-electron chi connectivity index (χ2n) is 4.37. The molecule has 2 atom stereocenters. The van der Waals surface area contributed by atoms with E-state index in [4.69, 9.17) is 5.11 Å². The third-order valence-electron chi connectivity index (χ3n) is 3.13. The molecule has 1 saturated heterocycles. The highest BCUT2D eigenvalue weighted by Crippen LogP contribution is 2.43. The second kappa shape index (κ2) is 4.65. The highest BCUT2D eigenvalue weighted by molar-refractivity contribution is 8.01. The van der Waals surface area contributed by atoms with Crippen molar-refractivity contribution in [1.82, 2.24) is 15.0 Å². The maximum Gasteiger partial charge on any atom is 0.316 e. The molecule has 2 aromatic rings. The van der Waals surface area contributed by atoms with E-state index in [-0.39, 0.29) is 10.8 Å². The van der Waals surface area contributed by atoms with Crippen LogP contribution in [0.3, 0.4) is 0 Å². The molecule has 2 aromatic heterocycles. The molecule has 1 fully saturated rings. The van der Waals surface area contributed by atoms with Crippen LogP contribution < -0.4 is 5.56 Å². The number of rotatable bonds is 2. The van der Waals surface area contributed by atoms with Crippen LogP contribution in [0.15, 0.2) is 23.3 Å². The lowest BCUT2D eigenvalue weighted by atomic mass is 10.2. The van der Waals surface area contributed by atoms with Crippen molar-refractivity contribution in [3.8, 4) is 0 Å². The van der Waals surface area contributed by atoms with Gasteiger partial charge in [0.25, 0.3) is 5.56 Å². The molecule has 6 nitrogen and oxygen atoms in total. The molecule has 3 heterocycles. The highest BCUT2D eigenvalue weighted by Gasteiger charge is 2.32. The molecule has 0 radical (unpaired) electrons. The minimum absolute atomic E-state index is 0.0709. The van der Waals surface area contributed by atoms with Gasteiger partial charge in [-0.1, -0.05) is 0 Å². The molecule has 7 heteroatoms. The lowest BCUT2D eigenvalue weighted by Crippen LogP contribution is -2.14. The molecule has 98 valence electrons. The lowest BCUT2D eigenvalue weighted by molar-refractivity contribution is -0.136. The fourth-order valence-corrected chi connectivity index (χ4v) is 3.48. The maximum absolute atomic E-state index is 11.9. The number of carbonyl (C=O) groups is 1. The lowest BCUT2D eigenvalue weighted by Gasteiger charge is -2.09. The molecule has 0 unspecified atom stereocenters. The molecule has 2 N–H and O–H groups in total. The normalized spacial score (nSPS) is 22.7. The summed E-state index contributed by atoms with van der Waals surface area (Å²) in [5, 5.41) is 8.99. The van der Waals surface area contributed by atoms with Crippen molar-refractivity contribution in [1.29, 1.82) is 0 Å². The van der Waals surface area contributed by atoms with E-state index in [1.807, 2.05) is 0 Å². The van der Waals surface area contributed by atoms with Gasteiger partial charge in [0.2, 0.25) is 0 Å². The first-order valence-corrected chi connectivity index (χ1v) is 6.81. The van der Waals surface area contributed by atoms with Crippen molar-refractivity contribution in [3.05, 3.63) is 34.6 Å². The highest BCUT2D eigenvalue weighted by atomic mass is 32.2. The van der Waals surface area contributed by atoms with Crippen molar-refractivity contribution in [2.24, 2.45) is 0 Å². The molecule has 0 aromatic carbocycles. The van der Waals surface area contributed by atoms with Gasteiger partial charge in [0.05, 0.1) is 22.3 Å². The van der Waals surface area contributed by atoms with Crippen LogP contribution >= 0.6 is 11.8 Å². The third kappa shape index (κ3) is 2.21. The zero-order valence-electron chi connectivity index (χ0n) is 9.87. The Balaban J connectivity index is 1.98. The number of H-pyrrole nitrogens is 1. The monoisotopic (exact) mass is 277 g/mol. The van der Waals surface area contributed by atoms with Gasteiger partial charge in [-0.15, -0.1) is 11.8 Å². The first-order chi connectivity index (χ1) is 9.15. The molecule has 0 aliphatic carbocycles. The molecular weight excluding hydrogens is 266 g/mol. The maximum atomic E-state index is 11.9. The van der Waals surface area contributed by atoms with Gasteiger partial charge in [0.15, 0.2) is 0 Å². The van der Waals surface area contributed by atoms with Crippen LogP contribution in [0.2, 0.25) is 0 Å². The molecule has 3 rings (SSSR count). The number of carboxylic acid groups (broad SMARTS) is 1. The number of aliphatic carboxylic acids is 1. The standard InChI is InChI=1S/C12H11N3O3S/c16-11-6-3-4-13-5-7(6)14-10(15-11)8-1-2-9(19-8)12(17)18/h3-5,8-9H,1-2H2,(H,17,18)(H,14,15,16)/t8-,9+/m0/s1. The number of aromatic nitrogens is 3. The van der Waals surface area contributed by atoms with E-state index in [2.05, 4.69) is 15.0 Å². The van der Waals surface area contributed by atoms with Crippen molar-refractivity contribution < 1.29 is 9.90 Å². The van der Waals surface area contributed by atoms with Gasteiger partial charge in [0.1, 0.15) is 11.1 Å². The number of fused-ring (bicyclic) bond motifs is 1. The largest absolute Gasteiger partial charge is 0.480 e. The van der Waals surface area contributed by atoms with Crippen LogP contribution in [-0.2, 0) is 4.79 Å². The summed E-state index contributed by atoms with van der Waals surface area (Å²) in [6.45, 7) is 0. The number of nitrogens with zero attached hydrogens (tertiary/aromatic N) is 2. The zero-order valence-corrected chi connectivity index (χ0v) is 10.7. The SMILES string of the molecule is O=C(O)[C@H]1CC[C@@H](c2nc3cnccc3c(=O)[nH]2)S1. The third-order valence-corrected chi connectivity index (χ3v) is 4.68. The smallest absolute Gasteiger partial charge is 0.316 e. The number of pyridine rings is 1. The summed E-state index contributed by atoms with van der Waals surface area (Å²) >= 11 is 1.34. The van der Waals surface area contributed by atoms with Gasteiger partial charge in [-0.2, -0.15) is 0 Å². The van der Waals surface area contributed by atoms with Gasteiger partial charge < -0.3 is 10.1 Å². The van der Waals surface area contributed by atoms with Crippen LogP contribution in [-0.4, -0.2) is 31.3 Å². The Hall–Kier alpha value is -1.89. The van der Waals surface area contributed by atoms with E-state index < -0.39 is 11.2 Å². The van der Waals surface area contributed by atoms with Gasteiger partial charge >= 0.3 is 5.97 Å².